The summed E-state index contributed by atoms with van der Waals surface area (Å²) in [5.74, 6) is 0.457. The quantitative estimate of drug-likeness (QED) is 0.792. The van der Waals surface area contributed by atoms with Crippen molar-refractivity contribution in [1.29, 1.82) is 0 Å². The predicted octanol–water partition coefficient (Wildman–Crippen LogP) is 2.08. The first-order valence-corrected chi connectivity index (χ1v) is 7.13. The minimum Gasteiger partial charge on any atom is -0.396 e. The van der Waals surface area contributed by atoms with Crippen molar-refractivity contribution in [3.05, 3.63) is 0 Å². The Morgan fingerprint density at radius 2 is 2.00 bits per heavy atom. The van der Waals surface area contributed by atoms with Gasteiger partial charge in [-0.1, -0.05) is 12.8 Å². The van der Waals surface area contributed by atoms with E-state index in [1.54, 1.807) is 0 Å². The molecule has 3 heteroatoms. The molecule has 2 N–H and O–H groups in total. The minimum atomic E-state index is 0.0648. The Balaban J connectivity index is 1.74. The van der Waals surface area contributed by atoms with E-state index in [1.165, 1.54) is 25.7 Å². The summed E-state index contributed by atoms with van der Waals surface area (Å²) in [4.78, 5) is 0. The van der Waals surface area contributed by atoms with Crippen LogP contribution in [0.2, 0.25) is 0 Å². The molecule has 3 atom stereocenters. The van der Waals surface area contributed by atoms with Crippen LogP contribution < -0.4 is 5.32 Å². The van der Waals surface area contributed by atoms with Crippen LogP contribution >= 0.6 is 0 Å². The first kappa shape index (κ1) is 13.3. The summed E-state index contributed by atoms with van der Waals surface area (Å²) in [6.07, 6.45) is 7.64. The molecular weight excluding hydrogens is 214 g/mol. The molecule has 2 aliphatic rings. The molecule has 0 amide bonds. The fourth-order valence-electron chi connectivity index (χ4n) is 3.20. The lowest BCUT2D eigenvalue weighted by atomic mass is 9.85. The summed E-state index contributed by atoms with van der Waals surface area (Å²) in [6, 6.07) is 0.501. The fourth-order valence-corrected chi connectivity index (χ4v) is 3.20. The van der Waals surface area contributed by atoms with Crippen LogP contribution in [0.15, 0.2) is 0 Å². The van der Waals surface area contributed by atoms with Crippen LogP contribution in [0.3, 0.4) is 0 Å². The molecular formula is C14H27NO2. The molecule has 0 aromatic heterocycles. The zero-order valence-corrected chi connectivity index (χ0v) is 11.2. The maximum Gasteiger partial charge on any atom is 0.0707 e. The van der Waals surface area contributed by atoms with Crippen molar-refractivity contribution in [1.82, 2.24) is 5.32 Å². The second-order valence-corrected chi connectivity index (χ2v) is 6.28. The molecule has 1 aliphatic carbocycles. The van der Waals surface area contributed by atoms with E-state index in [4.69, 9.17) is 4.74 Å². The Bertz CT molecular complexity index is 242. The lowest BCUT2D eigenvalue weighted by Gasteiger charge is -2.32. The largest absolute Gasteiger partial charge is 0.396 e. The van der Waals surface area contributed by atoms with Gasteiger partial charge in [-0.05, 0) is 45.4 Å². The highest BCUT2D eigenvalue weighted by Gasteiger charge is 2.32. The smallest absolute Gasteiger partial charge is 0.0707 e. The number of rotatable bonds is 4. The first-order chi connectivity index (χ1) is 8.11. The normalized spacial score (nSPS) is 37.2. The number of aliphatic hydroxyl groups excluding tert-OH is 1. The van der Waals surface area contributed by atoms with Gasteiger partial charge >= 0.3 is 0 Å². The van der Waals surface area contributed by atoms with Crippen molar-refractivity contribution in [2.45, 2.75) is 70.1 Å². The molecule has 0 radical (unpaired) electrons. The molecule has 2 fully saturated rings. The zero-order valence-electron chi connectivity index (χ0n) is 11.2. The Labute approximate surface area is 105 Å². The van der Waals surface area contributed by atoms with Crippen molar-refractivity contribution in [3.8, 4) is 0 Å². The van der Waals surface area contributed by atoms with E-state index in [1.807, 2.05) is 0 Å². The van der Waals surface area contributed by atoms with Gasteiger partial charge < -0.3 is 15.2 Å². The molecule has 0 aromatic carbocycles. The molecule has 0 bridgehead atoms. The van der Waals surface area contributed by atoms with Gasteiger partial charge in [-0.15, -0.1) is 0 Å². The van der Waals surface area contributed by atoms with Crippen LogP contribution in [-0.4, -0.2) is 36.0 Å². The molecule has 3 nitrogen and oxygen atoms in total. The Kier molecular flexibility index (Phi) is 4.45. The Morgan fingerprint density at radius 3 is 2.65 bits per heavy atom. The van der Waals surface area contributed by atoms with E-state index in [0.717, 1.165) is 19.4 Å². The summed E-state index contributed by atoms with van der Waals surface area (Å²) >= 11 is 0. The van der Waals surface area contributed by atoms with Crippen LogP contribution in [-0.2, 0) is 4.74 Å². The van der Waals surface area contributed by atoms with Gasteiger partial charge in [0.25, 0.3) is 0 Å². The standard InChI is InChI=1S/C14H27NO2/c1-14(2)8-7-12(17-14)9-15-13-6-4-3-5-11(13)10-16/h11-13,15-16H,3-10H2,1-2H3. The SMILES string of the molecule is CC1(C)CCC(CNC2CCCCC2CO)O1. The van der Waals surface area contributed by atoms with Gasteiger partial charge in [0.15, 0.2) is 0 Å². The predicted molar refractivity (Wildman–Crippen MR) is 69.0 cm³/mol. The third-order valence-electron chi connectivity index (χ3n) is 4.31. The van der Waals surface area contributed by atoms with Crippen LogP contribution in [0.25, 0.3) is 0 Å². The van der Waals surface area contributed by atoms with Gasteiger partial charge in [0.2, 0.25) is 0 Å². The second-order valence-electron chi connectivity index (χ2n) is 6.28. The Morgan fingerprint density at radius 1 is 1.24 bits per heavy atom. The van der Waals surface area contributed by atoms with Gasteiger partial charge in [0.1, 0.15) is 0 Å². The second kappa shape index (κ2) is 5.68. The average Bonchev–Trinajstić information content (AvgIpc) is 2.67. The summed E-state index contributed by atoms with van der Waals surface area (Å²) < 4.78 is 5.98. The van der Waals surface area contributed by atoms with E-state index < -0.39 is 0 Å². The summed E-state index contributed by atoms with van der Waals surface area (Å²) in [5, 5.41) is 13.0. The zero-order chi connectivity index (χ0) is 12.3. The van der Waals surface area contributed by atoms with Crippen molar-refractivity contribution >= 4 is 0 Å². The number of aliphatic hydroxyl groups is 1. The van der Waals surface area contributed by atoms with E-state index in [-0.39, 0.29) is 5.60 Å². The van der Waals surface area contributed by atoms with Crippen molar-refractivity contribution in [2.24, 2.45) is 5.92 Å². The van der Waals surface area contributed by atoms with Crippen molar-refractivity contribution in [3.63, 3.8) is 0 Å². The van der Waals surface area contributed by atoms with Gasteiger partial charge in [-0.3, -0.25) is 0 Å². The minimum absolute atomic E-state index is 0.0648. The third kappa shape index (κ3) is 3.67. The summed E-state index contributed by atoms with van der Waals surface area (Å²) in [6.45, 7) is 5.62. The molecule has 0 spiro atoms. The first-order valence-electron chi connectivity index (χ1n) is 7.13. The highest BCUT2D eigenvalue weighted by Crippen LogP contribution is 2.29. The van der Waals surface area contributed by atoms with Crippen molar-refractivity contribution in [2.75, 3.05) is 13.2 Å². The number of ether oxygens (including phenoxy) is 1. The maximum atomic E-state index is 9.37. The fraction of sp³-hybridized carbons (Fsp3) is 1.00. The lowest BCUT2D eigenvalue weighted by Crippen LogP contribution is -2.43. The molecule has 100 valence electrons. The molecule has 17 heavy (non-hydrogen) atoms. The Hall–Kier alpha value is -0.120. The molecule has 3 unspecified atom stereocenters. The molecule has 1 heterocycles. The van der Waals surface area contributed by atoms with Crippen LogP contribution in [0.1, 0.15) is 52.4 Å². The van der Waals surface area contributed by atoms with E-state index in [9.17, 15) is 5.11 Å². The maximum absolute atomic E-state index is 9.37. The number of hydrogen-bond donors (Lipinski definition) is 2. The lowest BCUT2D eigenvalue weighted by molar-refractivity contribution is -0.0169. The van der Waals surface area contributed by atoms with Crippen LogP contribution in [0.4, 0.5) is 0 Å². The highest BCUT2D eigenvalue weighted by molar-refractivity contribution is 4.85. The van der Waals surface area contributed by atoms with E-state index in [0.29, 0.717) is 24.7 Å². The van der Waals surface area contributed by atoms with E-state index >= 15 is 0 Å². The van der Waals surface area contributed by atoms with Gasteiger partial charge in [0.05, 0.1) is 11.7 Å². The van der Waals surface area contributed by atoms with Crippen molar-refractivity contribution < 1.29 is 9.84 Å². The summed E-state index contributed by atoms with van der Waals surface area (Å²) in [5.41, 5.74) is 0.0648. The van der Waals surface area contributed by atoms with Gasteiger partial charge in [0, 0.05) is 19.2 Å². The van der Waals surface area contributed by atoms with Crippen LogP contribution in [0, 0.1) is 5.92 Å². The van der Waals surface area contributed by atoms with Gasteiger partial charge in [-0.25, -0.2) is 0 Å². The molecule has 1 saturated heterocycles. The topological polar surface area (TPSA) is 41.5 Å². The van der Waals surface area contributed by atoms with Gasteiger partial charge in [-0.2, -0.15) is 0 Å². The third-order valence-corrected chi connectivity index (χ3v) is 4.31. The average molecular weight is 241 g/mol. The highest BCUT2D eigenvalue weighted by atomic mass is 16.5. The number of nitrogens with one attached hydrogen (secondary N) is 1. The van der Waals surface area contributed by atoms with Crippen LogP contribution in [0.5, 0.6) is 0 Å². The molecule has 2 rings (SSSR count). The molecule has 1 saturated carbocycles. The molecule has 1 aliphatic heterocycles. The molecule has 0 aromatic rings. The summed E-state index contributed by atoms with van der Waals surface area (Å²) in [7, 11) is 0. The number of hydrogen-bond acceptors (Lipinski definition) is 3. The monoisotopic (exact) mass is 241 g/mol. The van der Waals surface area contributed by atoms with E-state index in [2.05, 4.69) is 19.2 Å².